The summed E-state index contributed by atoms with van der Waals surface area (Å²) in [6, 6.07) is 0. The Hall–Kier alpha value is -1.45. The molecule has 0 aromatic rings. The van der Waals surface area contributed by atoms with Crippen molar-refractivity contribution in [2.75, 3.05) is 0 Å². The molecule has 0 aliphatic carbocycles. The molecule has 0 saturated heterocycles. The summed E-state index contributed by atoms with van der Waals surface area (Å²) in [5, 5.41) is 8.54. The molecular weight excluding hydrogens is 146 g/mol. The van der Waals surface area contributed by atoms with Crippen LogP contribution in [0.3, 0.4) is 0 Å². The maximum Gasteiger partial charge on any atom is 0.320 e. The lowest BCUT2D eigenvalue weighted by Crippen LogP contribution is -2.30. The van der Waals surface area contributed by atoms with Crippen molar-refractivity contribution < 1.29 is 14.7 Å². The van der Waals surface area contributed by atoms with Gasteiger partial charge in [-0.15, -0.1) is 0 Å². The van der Waals surface area contributed by atoms with E-state index in [-0.39, 0.29) is 0 Å². The van der Waals surface area contributed by atoms with E-state index in [4.69, 9.17) is 5.11 Å². The number of nitrogens with zero attached hydrogens (tertiary/aromatic N) is 1. The molecule has 1 aliphatic rings. The zero-order chi connectivity index (χ0) is 8.43. The highest BCUT2D eigenvalue weighted by Crippen LogP contribution is 2.08. The van der Waals surface area contributed by atoms with Gasteiger partial charge in [0.25, 0.3) is 0 Å². The van der Waals surface area contributed by atoms with E-state index < -0.39 is 17.7 Å². The SMILES string of the molecule is CC1=NC=CC(=O)C1C(=O)O. The Labute approximate surface area is 63.2 Å². The molecule has 1 atom stereocenters. The van der Waals surface area contributed by atoms with Crippen LogP contribution in [0.2, 0.25) is 0 Å². The van der Waals surface area contributed by atoms with Gasteiger partial charge in [-0.25, -0.2) is 0 Å². The van der Waals surface area contributed by atoms with E-state index in [0.29, 0.717) is 5.71 Å². The van der Waals surface area contributed by atoms with Crippen molar-refractivity contribution in [3.05, 3.63) is 12.3 Å². The maximum atomic E-state index is 10.9. The van der Waals surface area contributed by atoms with Crippen molar-refractivity contribution in [2.24, 2.45) is 10.9 Å². The van der Waals surface area contributed by atoms with Crippen molar-refractivity contribution >= 4 is 17.5 Å². The Bertz CT molecular complexity index is 265. The second-order valence-corrected chi connectivity index (χ2v) is 2.26. The summed E-state index contributed by atoms with van der Waals surface area (Å²) in [6.07, 6.45) is 2.49. The summed E-state index contributed by atoms with van der Waals surface area (Å²) >= 11 is 0. The van der Waals surface area contributed by atoms with Crippen LogP contribution in [-0.2, 0) is 9.59 Å². The molecule has 1 unspecified atom stereocenters. The van der Waals surface area contributed by atoms with Crippen LogP contribution in [0.4, 0.5) is 0 Å². The van der Waals surface area contributed by atoms with E-state index in [0.717, 1.165) is 0 Å². The molecule has 1 N–H and O–H groups in total. The molecule has 0 aromatic heterocycles. The topological polar surface area (TPSA) is 66.7 Å². The molecule has 4 heteroatoms. The molecule has 1 aliphatic heterocycles. The standard InChI is InChI=1S/C7H7NO3/c1-4-6(7(10)11)5(9)2-3-8-4/h2-3,6H,1H3,(H,10,11). The first-order valence-corrected chi connectivity index (χ1v) is 3.10. The summed E-state index contributed by atoms with van der Waals surface area (Å²) in [6.45, 7) is 1.53. The second-order valence-electron chi connectivity index (χ2n) is 2.26. The van der Waals surface area contributed by atoms with Gasteiger partial charge >= 0.3 is 5.97 Å². The van der Waals surface area contributed by atoms with Crippen molar-refractivity contribution in [1.82, 2.24) is 0 Å². The monoisotopic (exact) mass is 153 g/mol. The predicted molar refractivity (Wildman–Crippen MR) is 38.4 cm³/mol. The first-order valence-electron chi connectivity index (χ1n) is 3.10. The highest BCUT2D eigenvalue weighted by molar-refractivity contribution is 6.22. The van der Waals surface area contributed by atoms with Gasteiger partial charge in [0.2, 0.25) is 0 Å². The zero-order valence-electron chi connectivity index (χ0n) is 5.94. The second kappa shape index (κ2) is 2.65. The van der Waals surface area contributed by atoms with Crippen LogP contribution in [0.15, 0.2) is 17.3 Å². The third-order valence-corrected chi connectivity index (χ3v) is 1.47. The molecule has 0 radical (unpaired) electrons. The molecule has 0 fully saturated rings. The molecule has 0 saturated carbocycles. The Kier molecular flexibility index (Phi) is 1.85. The molecule has 0 spiro atoms. The Balaban J connectivity index is 2.95. The lowest BCUT2D eigenvalue weighted by Gasteiger charge is -2.10. The summed E-state index contributed by atoms with van der Waals surface area (Å²) < 4.78 is 0. The minimum absolute atomic E-state index is 0.338. The zero-order valence-corrected chi connectivity index (χ0v) is 5.94. The normalized spacial score (nSPS) is 23.2. The highest BCUT2D eigenvalue weighted by atomic mass is 16.4. The minimum Gasteiger partial charge on any atom is -0.480 e. The number of aliphatic carboxylic acids is 1. The van der Waals surface area contributed by atoms with Crippen molar-refractivity contribution in [2.45, 2.75) is 6.92 Å². The molecule has 11 heavy (non-hydrogen) atoms. The van der Waals surface area contributed by atoms with Crippen LogP contribution in [-0.4, -0.2) is 22.6 Å². The van der Waals surface area contributed by atoms with E-state index >= 15 is 0 Å². The van der Waals surface area contributed by atoms with Crippen LogP contribution in [0, 0.1) is 5.92 Å². The van der Waals surface area contributed by atoms with E-state index in [1.165, 1.54) is 19.2 Å². The summed E-state index contributed by atoms with van der Waals surface area (Å²) in [7, 11) is 0. The fourth-order valence-corrected chi connectivity index (χ4v) is 0.905. The van der Waals surface area contributed by atoms with Crippen LogP contribution >= 0.6 is 0 Å². The van der Waals surface area contributed by atoms with Gasteiger partial charge in [0, 0.05) is 18.0 Å². The van der Waals surface area contributed by atoms with Gasteiger partial charge in [-0.1, -0.05) is 0 Å². The number of carboxylic acids is 1. The quantitative estimate of drug-likeness (QED) is 0.549. The van der Waals surface area contributed by atoms with Crippen LogP contribution < -0.4 is 0 Å². The average Bonchev–Trinajstić information content (AvgIpc) is 1.85. The summed E-state index contributed by atoms with van der Waals surface area (Å²) in [5.41, 5.74) is 0.338. The number of carboxylic acid groups (broad SMARTS) is 1. The molecule has 0 bridgehead atoms. The maximum absolute atomic E-state index is 10.9. The fourth-order valence-electron chi connectivity index (χ4n) is 0.905. The average molecular weight is 153 g/mol. The van der Waals surface area contributed by atoms with Crippen molar-refractivity contribution in [3.8, 4) is 0 Å². The predicted octanol–water partition coefficient (Wildman–Crippen LogP) is 0.244. The van der Waals surface area contributed by atoms with Crippen molar-refractivity contribution in [3.63, 3.8) is 0 Å². The molecule has 4 nitrogen and oxygen atoms in total. The molecule has 0 amide bonds. The van der Waals surface area contributed by atoms with E-state index in [1.807, 2.05) is 0 Å². The smallest absolute Gasteiger partial charge is 0.320 e. The third-order valence-electron chi connectivity index (χ3n) is 1.47. The van der Waals surface area contributed by atoms with Gasteiger partial charge in [-0.2, -0.15) is 0 Å². The highest BCUT2D eigenvalue weighted by Gasteiger charge is 2.28. The minimum atomic E-state index is -1.14. The number of aliphatic imine (C=N–C) groups is 1. The fraction of sp³-hybridized carbons (Fsp3) is 0.286. The van der Waals surface area contributed by atoms with Crippen molar-refractivity contribution in [1.29, 1.82) is 0 Å². The van der Waals surface area contributed by atoms with Crippen LogP contribution in [0.25, 0.3) is 0 Å². The first kappa shape index (κ1) is 7.65. The van der Waals surface area contributed by atoms with E-state index in [9.17, 15) is 9.59 Å². The largest absolute Gasteiger partial charge is 0.480 e. The molecule has 1 heterocycles. The Morgan fingerprint density at radius 2 is 2.36 bits per heavy atom. The molecular formula is C7H7NO3. The van der Waals surface area contributed by atoms with Gasteiger partial charge in [-0.3, -0.25) is 14.6 Å². The number of ketones is 1. The third kappa shape index (κ3) is 1.34. The van der Waals surface area contributed by atoms with Gasteiger partial charge in [0.05, 0.1) is 0 Å². The van der Waals surface area contributed by atoms with Gasteiger partial charge in [0.1, 0.15) is 0 Å². The first-order chi connectivity index (χ1) is 5.13. The Morgan fingerprint density at radius 3 is 2.73 bits per heavy atom. The number of rotatable bonds is 1. The van der Waals surface area contributed by atoms with E-state index in [1.54, 1.807) is 0 Å². The molecule has 1 rings (SSSR count). The van der Waals surface area contributed by atoms with E-state index in [2.05, 4.69) is 4.99 Å². The van der Waals surface area contributed by atoms with Crippen LogP contribution in [0.1, 0.15) is 6.92 Å². The molecule has 58 valence electrons. The number of hydrogen-bond acceptors (Lipinski definition) is 3. The van der Waals surface area contributed by atoms with Gasteiger partial charge < -0.3 is 5.11 Å². The lowest BCUT2D eigenvalue weighted by molar-refractivity contribution is -0.142. The number of carbonyl (C=O) groups is 2. The number of allylic oxidation sites excluding steroid dienone is 1. The number of hydrogen-bond donors (Lipinski definition) is 1. The van der Waals surface area contributed by atoms with Gasteiger partial charge in [0.15, 0.2) is 11.7 Å². The van der Waals surface area contributed by atoms with Crippen LogP contribution in [0.5, 0.6) is 0 Å². The summed E-state index contributed by atoms with van der Waals surface area (Å²) in [5.74, 6) is -2.62. The summed E-state index contributed by atoms with van der Waals surface area (Å²) in [4.78, 5) is 25.1. The van der Waals surface area contributed by atoms with Gasteiger partial charge in [-0.05, 0) is 6.92 Å². The lowest BCUT2D eigenvalue weighted by atomic mass is 9.98. The molecule has 0 aromatic carbocycles. The number of carbonyl (C=O) groups excluding carboxylic acids is 1. The Morgan fingerprint density at radius 1 is 1.73 bits per heavy atom.